The van der Waals surface area contributed by atoms with Crippen molar-refractivity contribution >= 4 is 17.5 Å². The zero-order chi connectivity index (χ0) is 13.1. The lowest BCUT2D eigenvalue weighted by Gasteiger charge is -2.26. The number of rotatable bonds is 2. The first kappa shape index (κ1) is 13.2. The Labute approximate surface area is 112 Å². The third-order valence-corrected chi connectivity index (χ3v) is 3.88. The number of aryl methyl sites for hydroxylation is 1. The molecule has 0 aliphatic heterocycles. The van der Waals surface area contributed by atoms with Crippen LogP contribution in [0.1, 0.15) is 41.6 Å². The van der Waals surface area contributed by atoms with Gasteiger partial charge in [0.1, 0.15) is 5.75 Å². The quantitative estimate of drug-likeness (QED) is 0.810. The molecule has 1 aliphatic rings. The van der Waals surface area contributed by atoms with E-state index in [0.717, 1.165) is 31.2 Å². The van der Waals surface area contributed by atoms with E-state index < -0.39 is 0 Å². The number of phenols is 1. The topological polar surface area (TPSA) is 49.3 Å². The molecule has 3 nitrogen and oxygen atoms in total. The first-order valence-corrected chi connectivity index (χ1v) is 6.74. The summed E-state index contributed by atoms with van der Waals surface area (Å²) in [5, 5.41) is 12.6. The normalized spacial score (nSPS) is 23.7. The van der Waals surface area contributed by atoms with Gasteiger partial charge < -0.3 is 10.4 Å². The number of carbonyl (C=O) groups excluding carboxylic acids is 1. The molecule has 98 valence electrons. The Morgan fingerprint density at radius 2 is 2.00 bits per heavy atom. The van der Waals surface area contributed by atoms with Crippen molar-refractivity contribution in [2.45, 2.75) is 44.0 Å². The second kappa shape index (κ2) is 5.61. The van der Waals surface area contributed by atoms with Crippen LogP contribution in [0.3, 0.4) is 0 Å². The van der Waals surface area contributed by atoms with Gasteiger partial charge in [0.15, 0.2) is 0 Å². The molecular formula is C14H18ClNO2. The Kier molecular flexibility index (Phi) is 4.12. The number of halogens is 1. The number of carbonyl (C=O) groups is 1. The van der Waals surface area contributed by atoms with E-state index in [2.05, 4.69) is 5.32 Å². The predicted octanol–water partition coefficient (Wildman–Crippen LogP) is 2.98. The minimum atomic E-state index is -0.0643. The Hall–Kier alpha value is -1.22. The van der Waals surface area contributed by atoms with Gasteiger partial charge in [-0.05, 0) is 56.4 Å². The number of benzene rings is 1. The first-order valence-electron chi connectivity index (χ1n) is 6.31. The summed E-state index contributed by atoms with van der Waals surface area (Å²) in [6.07, 6.45) is 3.80. The van der Waals surface area contributed by atoms with Crippen LogP contribution in [-0.4, -0.2) is 22.4 Å². The van der Waals surface area contributed by atoms with E-state index in [1.165, 1.54) is 6.07 Å². The van der Waals surface area contributed by atoms with Gasteiger partial charge in [-0.3, -0.25) is 4.79 Å². The lowest BCUT2D eigenvalue weighted by molar-refractivity contribution is 0.0927. The van der Waals surface area contributed by atoms with Crippen molar-refractivity contribution in [1.29, 1.82) is 0 Å². The van der Waals surface area contributed by atoms with Gasteiger partial charge in [0.25, 0.3) is 5.91 Å². The van der Waals surface area contributed by atoms with Gasteiger partial charge in [-0.25, -0.2) is 0 Å². The van der Waals surface area contributed by atoms with E-state index in [4.69, 9.17) is 11.6 Å². The van der Waals surface area contributed by atoms with Gasteiger partial charge in [-0.2, -0.15) is 0 Å². The van der Waals surface area contributed by atoms with Crippen LogP contribution < -0.4 is 5.32 Å². The smallest absolute Gasteiger partial charge is 0.251 e. The summed E-state index contributed by atoms with van der Waals surface area (Å²) in [5.41, 5.74) is 1.42. The summed E-state index contributed by atoms with van der Waals surface area (Å²) < 4.78 is 0. The van der Waals surface area contributed by atoms with Crippen LogP contribution in [0.2, 0.25) is 0 Å². The summed E-state index contributed by atoms with van der Waals surface area (Å²) in [7, 11) is 0. The highest BCUT2D eigenvalue weighted by atomic mass is 35.5. The Morgan fingerprint density at radius 1 is 1.33 bits per heavy atom. The number of hydrogen-bond acceptors (Lipinski definition) is 2. The van der Waals surface area contributed by atoms with Crippen LogP contribution in [0.5, 0.6) is 5.75 Å². The largest absolute Gasteiger partial charge is 0.508 e. The fraction of sp³-hybridized carbons (Fsp3) is 0.500. The van der Waals surface area contributed by atoms with Crippen molar-refractivity contribution in [3.05, 3.63) is 29.3 Å². The molecule has 0 bridgehead atoms. The fourth-order valence-corrected chi connectivity index (χ4v) is 2.61. The zero-order valence-electron chi connectivity index (χ0n) is 10.4. The lowest BCUT2D eigenvalue weighted by Crippen LogP contribution is -2.38. The fourth-order valence-electron chi connectivity index (χ4n) is 2.36. The van der Waals surface area contributed by atoms with Gasteiger partial charge in [-0.1, -0.05) is 0 Å². The molecule has 0 spiro atoms. The highest BCUT2D eigenvalue weighted by Crippen LogP contribution is 2.23. The Morgan fingerprint density at radius 3 is 2.61 bits per heavy atom. The lowest BCUT2D eigenvalue weighted by atomic mass is 9.94. The molecule has 2 N–H and O–H groups in total. The van der Waals surface area contributed by atoms with Gasteiger partial charge in [0.05, 0.1) is 0 Å². The van der Waals surface area contributed by atoms with Gasteiger partial charge in [-0.15, -0.1) is 11.6 Å². The average molecular weight is 268 g/mol. The SMILES string of the molecule is Cc1cc(O)ccc1C(=O)NC1CCC(Cl)CC1. The van der Waals surface area contributed by atoms with E-state index in [1.807, 2.05) is 6.92 Å². The van der Waals surface area contributed by atoms with E-state index in [0.29, 0.717) is 5.56 Å². The van der Waals surface area contributed by atoms with Crippen molar-refractivity contribution < 1.29 is 9.90 Å². The summed E-state index contributed by atoms with van der Waals surface area (Å²) in [6, 6.07) is 5.02. The highest BCUT2D eigenvalue weighted by Gasteiger charge is 2.21. The van der Waals surface area contributed by atoms with Crippen molar-refractivity contribution in [3.63, 3.8) is 0 Å². The Balaban J connectivity index is 1.99. The minimum Gasteiger partial charge on any atom is -0.508 e. The second-order valence-corrected chi connectivity index (χ2v) is 5.54. The number of amides is 1. The number of hydrogen-bond donors (Lipinski definition) is 2. The van der Waals surface area contributed by atoms with E-state index in [9.17, 15) is 9.90 Å². The van der Waals surface area contributed by atoms with Crippen LogP contribution in [-0.2, 0) is 0 Å². The molecule has 1 aromatic carbocycles. The Bertz CT molecular complexity index is 439. The average Bonchev–Trinajstić information content (AvgIpc) is 2.32. The maximum absolute atomic E-state index is 12.1. The molecule has 0 unspecified atom stereocenters. The first-order chi connectivity index (χ1) is 8.56. The molecule has 1 aromatic rings. The summed E-state index contributed by atoms with van der Waals surface area (Å²) in [4.78, 5) is 12.1. The monoisotopic (exact) mass is 267 g/mol. The predicted molar refractivity (Wildman–Crippen MR) is 72.2 cm³/mol. The van der Waals surface area contributed by atoms with E-state index in [-0.39, 0.29) is 23.1 Å². The standard InChI is InChI=1S/C14H18ClNO2/c1-9-8-12(17)6-7-13(9)14(18)16-11-4-2-10(15)3-5-11/h6-8,10-11,17H,2-5H2,1H3,(H,16,18). The molecule has 2 rings (SSSR count). The number of nitrogens with one attached hydrogen (secondary N) is 1. The molecule has 18 heavy (non-hydrogen) atoms. The zero-order valence-corrected chi connectivity index (χ0v) is 11.2. The maximum atomic E-state index is 12.1. The van der Waals surface area contributed by atoms with Crippen LogP contribution in [0.15, 0.2) is 18.2 Å². The molecule has 0 atom stereocenters. The van der Waals surface area contributed by atoms with E-state index >= 15 is 0 Å². The summed E-state index contributed by atoms with van der Waals surface area (Å²) in [6.45, 7) is 1.82. The van der Waals surface area contributed by atoms with Crippen molar-refractivity contribution in [2.75, 3.05) is 0 Å². The summed E-state index contributed by atoms with van der Waals surface area (Å²) in [5.74, 6) is 0.122. The molecule has 4 heteroatoms. The van der Waals surface area contributed by atoms with Crippen LogP contribution in [0.25, 0.3) is 0 Å². The molecule has 1 fully saturated rings. The molecule has 1 aliphatic carbocycles. The van der Waals surface area contributed by atoms with Crippen LogP contribution in [0.4, 0.5) is 0 Å². The molecule has 1 saturated carbocycles. The number of alkyl halides is 1. The maximum Gasteiger partial charge on any atom is 0.251 e. The van der Waals surface area contributed by atoms with Crippen LogP contribution >= 0.6 is 11.6 Å². The van der Waals surface area contributed by atoms with Gasteiger partial charge in [0.2, 0.25) is 0 Å². The molecule has 0 heterocycles. The van der Waals surface area contributed by atoms with E-state index in [1.54, 1.807) is 12.1 Å². The number of phenolic OH excluding ortho intramolecular Hbond substituents is 1. The van der Waals surface area contributed by atoms with Gasteiger partial charge in [0, 0.05) is 17.0 Å². The second-order valence-electron chi connectivity index (χ2n) is 4.92. The minimum absolute atomic E-state index is 0.0643. The van der Waals surface area contributed by atoms with Crippen molar-refractivity contribution in [2.24, 2.45) is 0 Å². The third-order valence-electron chi connectivity index (χ3n) is 3.45. The number of aromatic hydroxyl groups is 1. The molecule has 0 saturated heterocycles. The third kappa shape index (κ3) is 3.16. The molecule has 0 aromatic heterocycles. The van der Waals surface area contributed by atoms with Crippen LogP contribution in [0, 0.1) is 6.92 Å². The molecule has 0 radical (unpaired) electrons. The molecular weight excluding hydrogens is 250 g/mol. The van der Waals surface area contributed by atoms with Crippen molar-refractivity contribution in [3.8, 4) is 5.75 Å². The van der Waals surface area contributed by atoms with Crippen molar-refractivity contribution in [1.82, 2.24) is 5.32 Å². The highest BCUT2D eigenvalue weighted by molar-refractivity contribution is 6.20. The summed E-state index contributed by atoms with van der Waals surface area (Å²) >= 11 is 6.04. The van der Waals surface area contributed by atoms with Gasteiger partial charge >= 0.3 is 0 Å². The molecule has 1 amide bonds.